The van der Waals surface area contributed by atoms with E-state index in [9.17, 15) is 28.9 Å². The highest BCUT2D eigenvalue weighted by Crippen LogP contribution is 2.43. The lowest BCUT2D eigenvalue weighted by atomic mass is 10.1. The van der Waals surface area contributed by atoms with E-state index in [-0.39, 0.29) is 25.9 Å². The molecule has 0 aromatic rings. The Hall–Kier alpha value is -2.30. The number of phosphoric ester groups is 1. The molecule has 350 valence electrons. The number of esters is 3. The quantitative estimate of drug-likeness (QED) is 0.0198. The fourth-order valence-corrected chi connectivity index (χ4v) is 7.21. The lowest BCUT2D eigenvalue weighted by molar-refractivity contribution is -0.161. The Bertz CT molecular complexity index is 1160. The fourth-order valence-electron chi connectivity index (χ4n) is 6.43. The fraction of sp³-hybridized carbons (Fsp3) is 0.812. The highest BCUT2D eigenvalue weighted by Gasteiger charge is 2.28. The maximum absolute atomic E-state index is 12.8. The van der Waals surface area contributed by atoms with Gasteiger partial charge in [0.1, 0.15) is 12.7 Å². The highest BCUT2D eigenvalue weighted by atomic mass is 31.2. The molecule has 0 aliphatic heterocycles. The van der Waals surface area contributed by atoms with Crippen LogP contribution in [-0.2, 0) is 42.2 Å². The van der Waals surface area contributed by atoms with Gasteiger partial charge < -0.3 is 24.2 Å². The predicted octanol–water partition coefficient (Wildman–Crippen LogP) is 12.9. The third-order valence-electron chi connectivity index (χ3n) is 10.1. The molecule has 60 heavy (non-hydrogen) atoms. The second-order valence-electron chi connectivity index (χ2n) is 15.9. The zero-order valence-corrected chi connectivity index (χ0v) is 39.1. The topological polar surface area (TPSA) is 155 Å². The van der Waals surface area contributed by atoms with E-state index in [4.69, 9.17) is 23.3 Å². The van der Waals surface area contributed by atoms with Crippen LogP contribution < -0.4 is 0 Å². The summed E-state index contributed by atoms with van der Waals surface area (Å²) in [6, 6.07) is 0. The zero-order chi connectivity index (χ0) is 44.2. The first-order valence-corrected chi connectivity index (χ1v) is 25.4. The second kappa shape index (κ2) is 43.4. The van der Waals surface area contributed by atoms with Gasteiger partial charge in [-0.1, -0.05) is 179 Å². The van der Waals surface area contributed by atoms with Crippen LogP contribution in [-0.4, -0.2) is 66.5 Å². The van der Waals surface area contributed by atoms with E-state index >= 15 is 0 Å². The van der Waals surface area contributed by atoms with Crippen LogP contribution >= 0.6 is 7.82 Å². The number of ether oxygens (including phenoxy) is 3. The number of aliphatic hydroxyl groups is 1. The largest absolute Gasteiger partial charge is 0.472 e. The van der Waals surface area contributed by atoms with Crippen molar-refractivity contribution in [3.8, 4) is 0 Å². The number of rotatable bonds is 44. The molecule has 0 radical (unpaired) electrons. The summed E-state index contributed by atoms with van der Waals surface area (Å²) in [4.78, 5) is 48.0. The van der Waals surface area contributed by atoms with Gasteiger partial charge in [-0.25, -0.2) is 4.57 Å². The Labute approximate surface area is 365 Å². The van der Waals surface area contributed by atoms with Crippen molar-refractivity contribution in [3.63, 3.8) is 0 Å². The van der Waals surface area contributed by atoms with Gasteiger partial charge in [-0.3, -0.25) is 23.4 Å². The molecule has 0 spiro atoms. The maximum atomic E-state index is 12.8. The zero-order valence-electron chi connectivity index (χ0n) is 38.2. The van der Waals surface area contributed by atoms with Crippen LogP contribution in [0, 0.1) is 0 Å². The smallest absolute Gasteiger partial charge is 0.462 e. The van der Waals surface area contributed by atoms with Gasteiger partial charge in [-0.2, -0.15) is 0 Å². The Balaban J connectivity index is 4.73. The van der Waals surface area contributed by atoms with Crippen molar-refractivity contribution in [3.05, 3.63) is 36.5 Å². The van der Waals surface area contributed by atoms with Crippen molar-refractivity contribution in [1.29, 1.82) is 0 Å². The van der Waals surface area contributed by atoms with Gasteiger partial charge in [0.2, 0.25) is 0 Å². The van der Waals surface area contributed by atoms with Gasteiger partial charge in [0, 0.05) is 19.3 Å². The summed E-state index contributed by atoms with van der Waals surface area (Å²) in [5.41, 5.74) is 0. The standard InChI is InChI=1S/C48H87O11P/c1-4-7-10-13-16-19-20-21-22-23-24-27-28-31-34-37-46(50)55-41-45(59-48(52)39-36-33-30-26-18-15-12-9-6-3)43-57-60(53,54)56-42-44(40-49)58-47(51)38-35-32-29-25-17-14-11-8-5-2/h7,10,16,19,21-22,44-45,49H,4-6,8-9,11-15,17-18,20,23-43H2,1-3H3,(H,53,54)/b10-7-,19-16-,22-21-. The Morgan fingerprint density at radius 3 is 1.33 bits per heavy atom. The van der Waals surface area contributed by atoms with Crippen molar-refractivity contribution in [1.82, 2.24) is 0 Å². The molecule has 0 saturated heterocycles. The van der Waals surface area contributed by atoms with Crippen LogP contribution in [0.3, 0.4) is 0 Å². The summed E-state index contributed by atoms with van der Waals surface area (Å²) < 4.78 is 39.1. The average Bonchev–Trinajstić information content (AvgIpc) is 3.23. The number of allylic oxidation sites excluding steroid dienone is 6. The molecule has 0 bridgehead atoms. The van der Waals surface area contributed by atoms with Gasteiger partial charge >= 0.3 is 25.7 Å². The number of unbranched alkanes of at least 4 members (excludes halogenated alkanes) is 21. The summed E-state index contributed by atoms with van der Waals surface area (Å²) in [5, 5.41) is 9.71. The predicted molar refractivity (Wildman–Crippen MR) is 242 cm³/mol. The van der Waals surface area contributed by atoms with Crippen LogP contribution in [0.5, 0.6) is 0 Å². The summed E-state index contributed by atoms with van der Waals surface area (Å²) >= 11 is 0. The third kappa shape index (κ3) is 41.1. The molecule has 3 unspecified atom stereocenters. The molecule has 0 aliphatic rings. The van der Waals surface area contributed by atoms with E-state index in [0.717, 1.165) is 89.9 Å². The van der Waals surface area contributed by atoms with Gasteiger partial charge in [0.05, 0.1) is 19.8 Å². The molecule has 0 saturated carbocycles. The van der Waals surface area contributed by atoms with E-state index < -0.39 is 57.8 Å². The molecule has 3 atom stereocenters. The third-order valence-corrected chi connectivity index (χ3v) is 11.0. The summed E-state index contributed by atoms with van der Waals surface area (Å²) in [6.07, 6.45) is 39.9. The molecule has 0 heterocycles. The van der Waals surface area contributed by atoms with Gasteiger partial charge in [0.15, 0.2) is 6.10 Å². The Kier molecular flexibility index (Phi) is 41.7. The molecule has 0 fully saturated rings. The second-order valence-corrected chi connectivity index (χ2v) is 17.4. The SMILES string of the molecule is CC/C=C\C/C=C\C/C=C\CCCCCCCC(=O)OCC(COP(=O)(O)OCC(CO)OC(=O)CCCCCCCCCCC)OC(=O)CCCCCCCCCCC. The molecule has 2 N–H and O–H groups in total. The molecule has 0 aromatic heterocycles. The summed E-state index contributed by atoms with van der Waals surface area (Å²) in [5.74, 6) is -1.48. The van der Waals surface area contributed by atoms with E-state index in [2.05, 4.69) is 57.2 Å². The van der Waals surface area contributed by atoms with Crippen LogP contribution in [0.2, 0.25) is 0 Å². The van der Waals surface area contributed by atoms with Crippen molar-refractivity contribution in [2.45, 2.75) is 226 Å². The van der Waals surface area contributed by atoms with Crippen molar-refractivity contribution in [2.75, 3.05) is 26.4 Å². The summed E-state index contributed by atoms with van der Waals surface area (Å²) in [7, 11) is -4.73. The van der Waals surface area contributed by atoms with Crippen LogP contribution in [0.1, 0.15) is 213 Å². The molecular weight excluding hydrogens is 783 g/mol. The van der Waals surface area contributed by atoms with Crippen LogP contribution in [0.4, 0.5) is 0 Å². The Morgan fingerprint density at radius 1 is 0.483 bits per heavy atom. The molecule has 0 aromatic carbocycles. The van der Waals surface area contributed by atoms with Crippen LogP contribution in [0.15, 0.2) is 36.5 Å². The maximum Gasteiger partial charge on any atom is 0.472 e. The first kappa shape index (κ1) is 57.7. The van der Waals surface area contributed by atoms with Crippen LogP contribution in [0.25, 0.3) is 0 Å². The summed E-state index contributed by atoms with van der Waals surface area (Å²) in [6.45, 7) is 4.45. The molecule has 11 nitrogen and oxygen atoms in total. The lowest BCUT2D eigenvalue weighted by Gasteiger charge is -2.21. The van der Waals surface area contributed by atoms with Gasteiger partial charge in [0.25, 0.3) is 0 Å². The molecular formula is C48H87O11P. The number of aliphatic hydroxyl groups excluding tert-OH is 1. The molecule has 0 rings (SSSR count). The van der Waals surface area contributed by atoms with Gasteiger partial charge in [-0.05, 0) is 51.4 Å². The van der Waals surface area contributed by atoms with Crippen molar-refractivity contribution in [2.24, 2.45) is 0 Å². The first-order valence-electron chi connectivity index (χ1n) is 23.9. The molecule has 0 aliphatic carbocycles. The average molecular weight is 871 g/mol. The Morgan fingerprint density at radius 2 is 0.867 bits per heavy atom. The number of carbonyl (C=O) groups excluding carboxylic acids is 3. The van der Waals surface area contributed by atoms with E-state index in [1.165, 1.54) is 64.2 Å². The molecule has 12 heteroatoms. The number of phosphoric acid groups is 1. The lowest BCUT2D eigenvalue weighted by Crippen LogP contribution is -2.30. The first-order chi connectivity index (χ1) is 29.2. The van der Waals surface area contributed by atoms with E-state index in [0.29, 0.717) is 19.3 Å². The molecule has 0 amide bonds. The minimum absolute atomic E-state index is 0.167. The normalized spacial score (nSPS) is 13.9. The van der Waals surface area contributed by atoms with Crippen molar-refractivity contribution < 1.29 is 52.2 Å². The number of hydrogen-bond acceptors (Lipinski definition) is 10. The number of hydrogen-bond donors (Lipinski definition) is 2. The van der Waals surface area contributed by atoms with Crippen molar-refractivity contribution >= 4 is 25.7 Å². The van der Waals surface area contributed by atoms with Gasteiger partial charge in [-0.15, -0.1) is 0 Å². The highest BCUT2D eigenvalue weighted by molar-refractivity contribution is 7.47. The minimum atomic E-state index is -4.73. The monoisotopic (exact) mass is 871 g/mol. The number of carbonyl (C=O) groups is 3. The van der Waals surface area contributed by atoms with E-state index in [1.54, 1.807) is 0 Å². The van der Waals surface area contributed by atoms with E-state index in [1.807, 2.05) is 0 Å². The minimum Gasteiger partial charge on any atom is -0.462 e.